The van der Waals surface area contributed by atoms with Crippen LogP contribution in [-0.2, 0) is 6.54 Å². The standard InChI is InChI=1S/C20H39N7/c1-6-25-10-12-26(13-11-25)16-17(2)15-23-20(21-5)22-8-7-9-27-19(4)14-18(3)24-27/h14,17H,6-13,15-16H2,1-5H3,(H2,21,22,23). The molecule has 1 aliphatic rings. The van der Waals surface area contributed by atoms with Gasteiger partial charge in [-0.3, -0.25) is 9.67 Å². The molecule has 0 aliphatic carbocycles. The predicted octanol–water partition coefficient (Wildman–Crippen LogP) is 1.33. The lowest BCUT2D eigenvalue weighted by molar-refractivity contribution is 0.124. The van der Waals surface area contributed by atoms with Gasteiger partial charge in [0.1, 0.15) is 0 Å². The van der Waals surface area contributed by atoms with Gasteiger partial charge in [-0.05, 0) is 38.8 Å². The highest BCUT2D eigenvalue weighted by atomic mass is 15.3. The molecule has 154 valence electrons. The fourth-order valence-corrected chi connectivity index (χ4v) is 3.62. The quantitative estimate of drug-likeness (QED) is 0.386. The number of likely N-dealkylation sites (N-methyl/N-ethyl adjacent to an activating group) is 1. The van der Waals surface area contributed by atoms with E-state index in [0.717, 1.165) is 44.3 Å². The maximum Gasteiger partial charge on any atom is 0.190 e. The van der Waals surface area contributed by atoms with Gasteiger partial charge in [-0.15, -0.1) is 0 Å². The van der Waals surface area contributed by atoms with Crippen molar-refractivity contribution in [2.45, 2.75) is 40.7 Å². The molecule has 1 fully saturated rings. The highest BCUT2D eigenvalue weighted by Gasteiger charge is 2.17. The zero-order valence-corrected chi connectivity index (χ0v) is 18.0. The zero-order valence-electron chi connectivity index (χ0n) is 18.0. The van der Waals surface area contributed by atoms with E-state index >= 15 is 0 Å². The Morgan fingerprint density at radius 3 is 2.48 bits per heavy atom. The van der Waals surface area contributed by atoms with Gasteiger partial charge in [0.25, 0.3) is 0 Å². The molecule has 0 amide bonds. The van der Waals surface area contributed by atoms with E-state index in [1.165, 1.54) is 38.4 Å². The zero-order chi connectivity index (χ0) is 19.6. The molecule has 7 nitrogen and oxygen atoms in total. The Morgan fingerprint density at radius 1 is 1.19 bits per heavy atom. The van der Waals surface area contributed by atoms with E-state index in [1.54, 1.807) is 0 Å². The van der Waals surface area contributed by atoms with Crippen molar-refractivity contribution in [2.75, 3.05) is 59.4 Å². The Bertz CT molecular complexity index is 573. The van der Waals surface area contributed by atoms with Gasteiger partial charge < -0.3 is 20.4 Å². The molecule has 0 saturated carbocycles. The van der Waals surface area contributed by atoms with Crippen molar-refractivity contribution in [1.82, 2.24) is 30.2 Å². The summed E-state index contributed by atoms with van der Waals surface area (Å²) in [5.41, 5.74) is 2.31. The topological polar surface area (TPSA) is 60.7 Å². The van der Waals surface area contributed by atoms with E-state index in [1.807, 2.05) is 14.0 Å². The van der Waals surface area contributed by atoms with Crippen LogP contribution in [0.5, 0.6) is 0 Å². The van der Waals surface area contributed by atoms with Crippen LogP contribution in [0.15, 0.2) is 11.1 Å². The fourth-order valence-electron chi connectivity index (χ4n) is 3.62. The molecule has 2 N–H and O–H groups in total. The molecule has 1 aromatic rings. The van der Waals surface area contributed by atoms with Gasteiger partial charge >= 0.3 is 0 Å². The Hall–Kier alpha value is -1.60. The van der Waals surface area contributed by atoms with Crippen molar-refractivity contribution in [3.05, 3.63) is 17.5 Å². The summed E-state index contributed by atoms with van der Waals surface area (Å²) < 4.78 is 2.08. The largest absolute Gasteiger partial charge is 0.356 e. The number of hydrogen-bond acceptors (Lipinski definition) is 4. The van der Waals surface area contributed by atoms with E-state index in [-0.39, 0.29) is 0 Å². The molecule has 7 heteroatoms. The number of hydrogen-bond donors (Lipinski definition) is 2. The van der Waals surface area contributed by atoms with Gasteiger partial charge in [-0.1, -0.05) is 13.8 Å². The summed E-state index contributed by atoms with van der Waals surface area (Å²) >= 11 is 0. The number of nitrogens with one attached hydrogen (secondary N) is 2. The fraction of sp³-hybridized carbons (Fsp3) is 0.800. The number of aliphatic imine (C=N–C) groups is 1. The van der Waals surface area contributed by atoms with Crippen LogP contribution in [-0.4, -0.2) is 84.9 Å². The van der Waals surface area contributed by atoms with Crippen LogP contribution in [0.3, 0.4) is 0 Å². The number of rotatable bonds is 9. The minimum absolute atomic E-state index is 0.603. The minimum atomic E-state index is 0.603. The first-order chi connectivity index (χ1) is 13.0. The second kappa shape index (κ2) is 11.3. The molecule has 27 heavy (non-hydrogen) atoms. The van der Waals surface area contributed by atoms with Crippen LogP contribution >= 0.6 is 0 Å². The van der Waals surface area contributed by atoms with Crippen LogP contribution in [0.25, 0.3) is 0 Å². The molecule has 0 bridgehead atoms. The van der Waals surface area contributed by atoms with E-state index in [2.05, 4.69) is 62.0 Å². The highest BCUT2D eigenvalue weighted by molar-refractivity contribution is 5.79. The van der Waals surface area contributed by atoms with Crippen LogP contribution in [0.1, 0.15) is 31.7 Å². The summed E-state index contributed by atoms with van der Waals surface area (Å²) in [5, 5.41) is 11.4. The molecule has 0 aromatic carbocycles. The first kappa shape index (κ1) is 21.7. The van der Waals surface area contributed by atoms with Crippen LogP contribution in [0.4, 0.5) is 0 Å². The normalized spacial score (nSPS) is 17.9. The van der Waals surface area contributed by atoms with E-state index in [0.29, 0.717) is 5.92 Å². The lowest BCUT2D eigenvalue weighted by atomic mass is 10.1. The monoisotopic (exact) mass is 377 g/mol. The van der Waals surface area contributed by atoms with Crippen molar-refractivity contribution in [1.29, 1.82) is 0 Å². The first-order valence-electron chi connectivity index (χ1n) is 10.4. The number of nitrogens with zero attached hydrogens (tertiary/aromatic N) is 5. The van der Waals surface area contributed by atoms with E-state index < -0.39 is 0 Å². The van der Waals surface area contributed by atoms with Crippen molar-refractivity contribution >= 4 is 5.96 Å². The van der Waals surface area contributed by atoms with Crippen molar-refractivity contribution in [2.24, 2.45) is 10.9 Å². The summed E-state index contributed by atoms with van der Waals surface area (Å²) in [7, 11) is 1.84. The Kier molecular flexibility index (Phi) is 9.07. The molecule has 2 heterocycles. The van der Waals surface area contributed by atoms with Crippen molar-refractivity contribution < 1.29 is 0 Å². The summed E-state index contributed by atoms with van der Waals surface area (Å²) in [6, 6.07) is 2.12. The molecule has 1 aliphatic heterocycles. The maximum atomic E-state index is 4.51. The average Bonchev–Trinajstić information content (AvgIpc) is 2.99. The smallest absolute Gasteiger partial charge is 0.190 e. The van der Waals surface area contributed by atoms with Gasteiger partial charge in [0.05, 0.1) is 5.69 Å². The van der Waals surface area contributed by atoms with Gasteiger partial charge in [0.15, 0.2) is 5.96 Å². The van der Waals surface area contributed by atoms with Gasteiger partial charge in [-0.2, -0.15) is 5.10 Å². The van der Waals surface area contributed by atoms with Crippen molar-refractivity contribution in [3.63, 3.8) is 0 Å². The molecule has 1 saturated heterocycles. The van der Waals surface area contributed by atoms with Crippen LogP contribution < -0.4 is 10.6 Å². The Morgan fingerprint density at radius 2 is 1.89 bits per heavy atom. The Balaban J connectivity index is 1.60. The number of guanidine groups is 1. The summed E-state index contributed by atoms with van der Waals surface area (Å²) in [5.74, 6) is 1.50. The maximum absolute atomic E-state index is 4.51. The predicted molar refractivity (Wildman–Crippen MR) is 113 cm³/mol. The molecular formula is C20H39N7. The Labute approximate surface area is 165 Å². The number of aryl methyl sites for hydroxylation is 3. The van der Waals surface area contributed by atoms with Gasteiger partial charge in [0.2, 0.25) is 0 Å². The lowest BCUT2D eigenvalue weighted by Gasteiger charge is -2.35. The molecule has 0 spiro atoms. The molecule has 0 radical (unpaired) electrons. The molecule has 2 rings (SSSR count). The van der Waals surface area contributed by atoms with Crippen LogP contribution in [0.2, 0.25) is 0 Å². The van der Waals surface area contributed by atoms with Gasteiger partial charge in [0, 0.05) is 65.1 Å². The second-order valence-corrected chi connectivity index (χ2v) is 7.72. The van der Waals surface area contributed by atoms with Gasteiger partial charge in [-0.25, -0.2) is 0 Å². The molecule has 1 unspecified atom stereocenters. The third-order valence-corrected chi connectivity index (χ3v) is 5.27. The third kappa shape index (κ3) is 7.50. The van der Waals surface area contributed by atoms with Crippen LogP contribution in [0, 0.1) is 19.8 Å². The van der Waals surface area contributed by atoms with E-state index in [9.17, 15) is 0 Å². The van der Waals surface area contributed by atoms with Crippen molar-refractivity contribution in [3.8, 4) is 0 Å². The summed E-state index contributed by atoms with van der Waals surface area (Å²) in [6.45, 7) is 18.6. The molecular weight excluding hydrogens is 338 g/mol. The average molecular weight is 378 g/mol. The van der Waals surface area contributed by atoms with E-state index in [4.69, 9.17) is 0 Å². The summed E-state index contributed by atoms with van der Waals surface area (Å²) in [6.07, 6.45) is 1.03. The number of aromatic nitrogens is 2. The SMILES string of the molecule is CCN1CCN(CC(C)CNC(=NC)NCCCn2nc(C)cc2C)CC1. The summed E-state index contributed by atoms with van der Waals surface area (Å²) in [4.78, 5) is 9.46. The third-order valence-electron chi connectivity index (χ3n) is 5.27. The molecule has 1 atom stereocenters. The number of piperazine rings is 1. The molecule has 1 aromatic heterocycles. The lowest BCUT2D eigenvalue weighted by Crippen LogP contribution is -2.48. The minimum Gasteiger partial charge on any atom is -0.356 e. The highest BCUT2D eigenvalue weighted by Crippen LogP contribution is 2.05. The second-order valence-electron chi connectivity index (χ2n) is 7.72. The first-order valence-corrected chi connectivity index (χ1v) is 10.4.